The van der Waals surface area contributed by atoms with E-state index in [0.717, 1.165) is 22.4 Å². The number of carbonyl (C=O) groups is 1. The van der Waals surface area contributed by atoms with Crippen LogP contribution in [0.3, 0.4) is 0 Å². The second-order valence-electron chi connectivity index (χ2n) is 5.98. The van der Waals surface area contributed by atoms with Crippen LogP contribution in [0, 0.1) is 0 Å². The smallest absolute Gasteiger partial charge is 0.293 e. The third-order valence-corrected chi connectivity index (χ3v) is 4.55. The number of furan rings is 1. The number of H-pyrrole nitrogens is 1. The molecule has 1 atom stereocenters. The van der Waals surface area contributed by atoms with Gasteiger partial charge in [0.2, 0.25) is 5.76 Å². The van der Waals surface area contributed by atoms with E-state index in [0.29, 0.717) is 18.7 Å². The molecule has 4 aromatic rings. The fraction of sp³-hybridized carbons (Fsp3) is 0.167. The molecule has 5 rings (SSSR count). The van der Waals surface area contributed by atoms with Crippen molar-refractivity contribution >= 4 is 16.9 Å². The molecule has 0 saturated heterocycles. The van der Waals surface area contributed by atoms with Gasteiger partial charge in [0.1, 0.15) is 17.4 Å². The number of para-hydroxylation sites is 1. The molecule has 124 valence electrons. The van der Waals surface area contributed by atoms with Gasteiger partial charge < -0.3 is 18.8 Å². The van der Waals surface area contributed by atoms with Gasteiger partial charge in [-0.25, -0.2) is 4.98 Å². The Labute approximate surface area is 142 Å². The Bertz CT molecular complexity index is 1010. The predicted molar refractivity (Wildman–Crippen MR) is 87.9 cm³/mol. The lowest BCUT2D eigenvalue weighted by molar-refractivity contribution is 0.0630. The molecule has 0 aliphatic carbocycles. The van der Waals surface area contributed by atoms with Crippen LogP contribution in [0.15, 0.2) is 57.9 Å². The number of hydrogen-bond donors (Lipinski definition) is 1. The first-order chi connectivity index (χ1) is 12.3. The molecule has 1 aliphatic rings. The zero-order chi connectivity index (χ0) is 16.8. The first kappa shape index (κ1) is 14.0. The first-order valence-corrected chi connectivity index (χ1v) is 8.03. The van der Waals surface area contributed by atoms with Crippen LogP contribution in [0.2, 0.25) is 0 Å². The van der Waals surface area contributed by atoms with Crippen molar-refractivity contribution in [3.63, 3.8) is 0 Å². The number of nitrogens with zero attached hydrogens (tertiary/aromatic N) is 3. The third-order valence-electron chi connectivity index (χ3n) is 4.55. The number of rotatable bonds is 2. The van der Waals surface area contributed by atoms with Crippen LogP contribution in [0.25, 0.3) is 11.0 Å². The van der Waals surface area contributed by atoms with Gasteiger partial charge in [0.15, 0.2) is 0 Å². The summed E-state index contributed by atoms with van der Waals surface area (Å²) in [6, 6.07) is 10.9. The number of amides is 1. The van der Waals surface area contributed by atoms with E-state index in [1.165, 1.54) is 6.20 Å². The number of carbonyl (C=O) groups excluding carboxylic acids is 1. The van der Waals surface area contributed by atoms with Gasteiger partial charge in [0, 0.05) is 30.1 Å². The van der Waals surface area contributed by atoms with Crippen LogP contribution < -0.4 is 0 Å². The summed E-state index contributed by atoms with van der Waals surface area (Å²) in [5.74, 6) is 0.666. The lowest BCUT2D eigenvalue weighted by Gasteiger charge is -2.32. The number of aromatic amines is 1. The quantitative estimate of drug-likeness (QED) is 0.609. The van der Waals surface area contributed by atoms with Crippen molar-refractivity contribution in [3.05, 3.63) is 71.8 Å². The molecule has 0 bridgehead atoms. The maximum absolute atomic E-state index is 12.9. The van der Waals surface area contributed by atoms with Crippen LogP contribution in [0.4, 0.5) is 0 Å². The Hall–Kier alpha value is -3.35. The molecule has 0 radical (unpaired) electrons. The average molecular weight is 334 g/mol. The first-order valence-electron chi connectivity index (χ1n) is 8.03. The number of nitrogens with one attached hydrogen (secondary N) is 1. The van der Waals surface area contributed by atoms with E-state index in [-0.39, 0.29) is 11.7 Å². The van der Waals surface area contributed by atoms with Gasteiger partial charge in [-0.15, -0.1) is 0 Å². The summed E-state index contributed by atoms with van der Waals surface area (Å²) in [5, 5.41) is 4.63. The van der Waals surface area contributed by atoms with Crippen molar-refractivity contribution in [2.75, 3.05) is 6.54 Å². The van der Waals surface area contributed by atoms with Crippen molar-refractivity contribution in [3.8, 4) is 0 Å². The second kappa shape index (κ2) is 5.34. The minimum Gasteiger partial charge on any atom is -0.458 e. The van der Waals surface area contributed by atoms with Crippen molar-refractivity contribution in [2.24, 2.45) is 0 Å². The average Bonchev–Trinajstić information content (AvgIpc) is 3.39. The minimum atomic E-state index is -0.403. The van der Waals surface area contributed by atoms with Gasteiger partial charge in [-0.3, -0.25) is 4.79 Å². The summed E-state index contributed by atoms with van der Waals surface area (Å²) in [7, 11) is 0. The van der Waals surface area contributed by atoms with Crippen LogP contribution in [0.5, 0.6) is 0 Å². The zero-order valence-electron chi connectivity index (χ0n) is 13.2. The molecule has 1 aromatic carbocycles. The molecule has 1 N–H and O–H groups in total. The number of fused-ring (bicyclic) bond motifs is 2. The maximum atomic E-state index is 12.9. The fourth-order valence-electron chi connectivity index (χ4n) is 3.39. The normalized spacial score (nSPS) is 17.0. The van der Waals surface area contributed by atoms with Gasteiger partial charge in [-0.2, -0.15) is 0 Å². The second-order valence-corrected chi connectivity index (χ2v) is 5.98. The van der Waals surface area contributed by atoms with Crippen molar-refractivity contribution in [2.45, 2.75) is 12.5 Å². The lowest BCUT2D eigenvalue weighted by atomic mass is 10.00. The predicted octanol–water partition coefficient (Wildman–Crippen LogP) is 2.93. The molecule has 4 heterocycles. The molecule has 1 amide bonds. The molecule has 25 heavy (non-hydrogen) atoms. The Morgan fingerprint density at radius 3 is 3.04 bits per heavy atom. The molecule has 0 fully saturated rings. The van der Waals surface area contributed by atoms with Gasteiger partial charge in [0.25, 0.3) is 5.91 Å². The van der Waals surface area contributed by atoms with E-state index < -0.39 is 6.04 Å². The summed E-state index contributed by atoms with van der Waals surface area (Å²) in [6.45, 7) is 0.538. The van der Waals surface area contributed by atoms with E-state index >= 15 is 0 Å². The SMILES string of the molecule is O=C(c1ccno1)N1CCc2[nH]cnc2[C@H]1c1cc2ccccc2o1. The van der Waals surface area contributed by atoms with E-state index in [1.54, 1.807) is 17.3 Å². The van der Waals surface area contributed by atoms with Crippen molar-refractivity contribution in [1.29, 1.82) is 0 Å². The Balaban J connectivity index is 1.64. The third kappa shape index (κ3) is 2.16. The molecular formula is C18H14N4O3. The van der Waals surface area contributed by atoms with Crippen LogP contribution in [-0.2, 0) is 6.42 Å². The zero-order valence-corrected chi connectivity index (χ0v) is 13.2. The summed E-state index contributed by atoms with van der Waals surface area (Å²) in [5.41, 5.74) is 2.61. The van der Waals surface area contributed by atoms with E-state index in [4.69, 9.17) is 8.94 Å². The summed E-state index contributed by atoms with van der Waals surface area (Å²) in [4.78, 5) is 22.2. The summed E-state index contributed by atoms with van der Waals surface area (Å²) >= 11 is 0. The van der Waals surface area contributed by atoms with Gasteiger partial charge in [0.05, 0.1) is 18.2 Å². The molecule has 3 aromatic heterocycles. The molecule has 1 aliphatic heterocycles. The number of benzene rings is 1. The topological polar surface area (TPSA) is 88.2 Å². The highest BCUT2D eigenvalue weighted by Gasteiger charge is 2.37. The molecule has 0 spiro atoms. The van der Waals surface area contributed by atoms with E-state index in [1.807, 2.05) is 30.3 Å². The van der Waals surface area contributed by atoms with Gasteiger partial charge in [-0.1, -0.05) is 23.4 Å². The van der Waals surface area contributed by atoms with Crippen LogP contribution >= 0.6 is 0 Å². The summed E-state index contributed by atoms with van der Waals surface area (Å²) < 4.78 is 11.1. The Kier molecular flexibility index (Phi) is 3.00. The largest absolute Gasteiger partial charge is 0.458 e. The Morgan fingerprint density at radius 1 is 1.28 bits per heavy atom. The maximum Gasteiger partial charge on any atom is 0.293 e. The summed E-state index contributed by atoms with van der Waals surface area (Å²) in [6.07, 6.45) is 3.82. The standard InChI is InChI=1S/C18H14N4O3/c23-18(14-5-7-21-25-14)22-8-6-12-16(20-10-19-12)17(22)15-9-11-3-1-2-4-13(11)24-15/h1-5,7,9-10,17H,6,8H2,(H,19,20)/t17-/m1/s1. The van der Waals surface area contributed by atoms with E-state index in [2.05, 4.69) is 15.1 Å². The highest BCUT2D eigenvalue weighted by Crippen LogP contribution is 2.36. The molecular weight excluding hydrogens is 320 g/mol. The monoisotopic (exact) mass is 334 g/mol. The van der Waals surface area contributed by atoms with Crippen molar-refractivity contribution in [1.82, 2.24) is 20.0 Å². The Morgan fingerprint density at radius 2 is 2.20 bits per heavy atom. The van der Waals surface area contributed by atoms with Gasteiger partial charge >= 0.3 is 0 Å². The highest BCUT2D eigenvalue weighted by atomic mass is 16.5. The molecule has 0 saturated carbocycles. The lowest BCUT2D eigenvalue weighted by Crippen LogP contribution is -2.40. The number of aromatic nitrogens is 3. The minimum absolute atomic E-state index is 0.208. The molecule has 7 heteroatoms. The van der Waals surface area contributed by atoms with E-state index in [9.17, 15) is 4.79 Å². The van der Waals surface area contributed by atoms with Crippen LogP contribution in [0.1, 0.15) is 33.7 Å². The van der Waals surface area contributed by atoms with Crippen LogP contribution in [-0.4, -0.2) is 32.5 Å². The molecule has 0 unspecified atom stereocenters. The molecule has 7 nitrogen and oxygen atoms in total. The van der Waals surface area contributed by atoms with Gasteiger partial charge in [-0.05, 0) is 12.1 Å². The highest BCUT2D eigenvalue weighted by molar-refractivity contribution is 5.92. The van der Waals surface area contributed by atoms with Crippen molar-refractivity contribution < 1.29 is 13.7 Å². The fourth-order valence-corrected chi connectivity index (χ4v) is 3.39. The number of imidazole rings is 1. The number of hydrogen-bond acceptors (Lipinski definition) is 5.